The smallest absolute Gasteiger partial charge is 0.339 e. The molecule has 0 unspecified atom stereocenters. The Labute approximate surface area is 152 Å². The van der Waals surface area contributed by atoms with Crippen LogP contribution < -0.4 is 10.6 Å². The van der Waals surface area contributed by atoms with Crippen molar-refractivity contribution >= 4 is 29.1 Å². The van der Waals surface area contributed by atoms with E-state index in [9.17, 15) is 4.79 Å². The minimum Gasteiger partial charge on any atom is -0.465 e. The van der Waals surface area contributed by atoms with E-state index < -0.39 is 5.97 Å². The molecule has 0 saturated heterocycles. The fourth-order valence-corrected chi connectivity index (χ4v) is 2.51. The lowest BCUT2D eigenvalue weighted by Crippen LogP contribution is -2.07. The minimum atomic E-state index is -0.407. The molecule has 26 heavy (non-hydrogen) atoms. The number of para-hydroxylation sites is 1. The average molecular weight is 348 g/mol. The first-order chi connectivity index (χ1) is 12.6. The molecule has 132 valence electrons. The van der Waals surface area contributed by atoms with Gasteiger partial charge in [0.05, 0.1) is 18.4 Å². The second-order valence-electron chi connectivity index (χ2n) is 5.80. The molecule has 0 aliphatic carbocycles. The molecule has 0 aliphatic heterocycles. The van der Waals surface area contributed by atoms with Crippen LogP contribution in [0.4, 0.5) is 23.1 Å². The Bertz CT molecular complexity index is 941. The number of hydrogen-bond acceptors (Lipinski definition) is 6. The number of benzene rings is 2. The van der Waals surface area contributed by atoms with Gasteiger partial charge in [-0.2, -0.15) is 4.98 Å². The third-order valence-corrected chi connectivity index (χ3v) is 4.10. The summed E-state index contributed by atoms with van der Waals surface area (Å²) in [4.78, 5) is 20.6. The van der Waals surface area contributed by atoms with E-state index in [1.165, 1.54) is 12.7 Å². The standard InChI is InChI=1S/C20H20N4O2/c1-13-7-6-10-16(14(13)2)23-20-21-12-11-18(24-20)22-17-9-5-4-8-15(17)19(25)26-3/h4-12H,1-3H3,(H2,21,22,23,24). The predicted molar refractivity (Wildman–Crippen MR) is 102 cm³/mol. The summed E-state index contributed by atoms with van der Waals surface area (Å²) in [5.41, 5.74) is 4.35. The zero-order valence-electron chi connectivity index (χ0n) is 14.9. The number of aryl methyl sites for hydroxylation is 1. The summed E-state index contributed by atoms with van der Waals surface area (Å²) in [7, 11) is 1.36. The van der Waals surface area contributed by atoms with Gasteiger partial charge in [0, 0.05) is 11.9 Å². The quantitative estimate of drug-likeness (QED) is 0.667. The number of carbonyl (C=O) groups excluding carboxylic acids is 1. The molecular formula is C20H20N4O2. The van der Waals surface area contributed by atoms with Crippen molar-refractivity contribution in [1.82, 2.24) is 9.97 Å². The molecule has 0 radical (unpaired) electrons. The molecule has 0 fully saturated rings. The van der Waals surface area contributed by atoms with E-state index >= 15 is 0 Å². The van der Waals surface area contributed by atoms with Gasteiger partial charge in [0.15, 0.2) is 0 Å². The van der Waals surface area contributed by atoms with Crippen LogP contribution in [0.25, 0.3) is 0 Å². The highest BCUT2D eigenvalue weighted by Gasteiger charge is 2.12. The van der Waals surface area contributed by atoms with Gasteiger partial charge in [0.2, 0.25) is 5.95 Å². The average Bonchev–Trinajstić information content (AvgIpc) is 2.66. The molecule has 1 aromatic heterocycles. The maximum Gasteiger partial charge on any atom is 0.339 e. The molecule has 6 nitrogen and oxygen atoms in total. The van der Waals surface area contributed by atoms with Gasteiger partial charge in [-0.15, -0.1) is 0 Å². The normalized spacial score (nSPS) is 10.3. The third-order valence-electron chi connectivity index (χ3n) is 4.10. The number of esters is 1. The van der Waals surface area contributed by atoms with Gasteiger partial charge in [0.1, 0.15) is 5.82 Å². The summed E-state index contributed by atoms with van der Waals surface area (Å²) in [6, 6.07) is 14.9. The fraction of sp³-hybridized carbons (Fsp3) is 0.150. The van der Waals surface area contributed by atoms with Crippen molar-refractivity contribution in [3.8, 4) is 0 Å². The van der Waals surface area contributed by atoms with E-state index in [1.807, 2.05) is 25.1 Å². The number of nitrogens with one attached hydrogen (secondary N) is 2. The van der Waals surface area contributed by atoms with Crippen LogP contribution in [0.15, 0.2) is 54.7 Å². The van der Waals surface area contributed by atoms with Crippen LogP contribution >= 0.6 is 0 Å². The molecule has 0 spiro atoms. The highest BCUT2D eigenvalue weighted by molar-refractivity contribution is 5.96. The molecular weight excluding hydrogens is 328 g/mol. The number of methoxy groups -OCH3 is 1. The summed E-state index contributed by atoms with van der Waals surface area (Å²) < 4.78 is 4.82. The SMILES string of the molecule is COC(=O)c1ccccc1Nc1ccnc(Nc2cccc(C)c2C)n1. The van der Waals surface area contributed by atoms with Gasteiger partial charge in [-0.25, -0.2) is 9.78 Å². The van der Waals surface area contributed by atoms with Crippen LogP contribution in [0.1, 0.15) is 21.5 Å². The van der Waals surface area contributed by atoms with Crippen LogP contribution in [0.3, 0.4) is 0 Å². The third kappa shape index (κ3) is 3.80. The van der Waals surface area contributed by atoms with Crippen molar-refractivity contribution in [3.63, 3.8) is 0 Å². The van der Waals surface area contributed by atoms with Crippen molar-refractivity contribution in [2.75, 3.05) is 17.7 Å². The Morgan fingerprint density at radius 1 is 0.962 bits per heavy atom. The van der Waals surface area contributed by atoms with Gasteiger partial charge in [-0.05, 0) is 49.2 Å². The van der Waals surface area contributed by atoms with Crippen molar-refractivity contribution in [3.05, 3.63) is 71.4 Å². The van der Waals surface area contributed by atoms with Crippen molar-refractivity contribution in [2.24, 2.45) is 0 Å². The fourth-order valence-electron chi connectivity index (χ4n) is 2.51. The summed E-state index contributed by atoms with van der Waals surface area (Å²) in [5, 5.41) is 6.38. The topological polar surface area (TPSA) is 76.1 Å². The lowest BCUT2D eigenvalue weighted by molar-refractivity contribution is 0.0602. The van der Waals surface area contributed by atoms with Gasteiger partial charge < -0.3 is 15.4 Å². The Kier molecular flexibility index (Phi) is 5.12. The first kappa shape index (κ1) is 17.4. The predicted octanol–water partition coefficient (Wildman–Crippen LogP) is 4.37. The van der Waals surface area contributed by atoms with Gasteiger partial charge >= 0.3 is 5.97 Å². The first-order valence-electron chi connectivity index (χ1n) is 8.19. The molecule has 0 saturated carbocycles. The lowest BCUT2D eigenvalue weighted by Gasteiger charge is -2.12. The minimum absolute atomic E-state index is 0.407. The van der Waals surface area contributed by atoms with E-state index in [2.05, 4.69) is 33.6 Å². The van der Waals surface area contributed by atoms with Crippen LogP contribution in [-0.2, 0) is 4.74 Å². The van der Waals surface area contributed by atoms with Crippen LogP contribution in [0.2, 0.25) is 0 Å². The zero-order chi connectivity index (χ0) is 18.5. The Hall–Kier alpha value is -3.41. The molecule has 0 amide bonds. The second kappa shape index (κ2) is 7.65. The Morgan fingerprint density at radius 3 is 2.54 bits per heavy atom. The first-order valence-corrected chi connectivity index (χ1v) is 8.19. The zero-order valence-corrected chi connectivity index (χ0v) is 14.9. The summed E-state index contributed by atoms with van der Waals surface area (Å²) in [6.07, 6.45) is 1.66. The van der Waals surface area contributed by atoms with E-state index in [1.54, 1.807) is 30.5 Å². The molecule has 1 heterocycles. The summed E-state index contributed by atoms with van der Waals surface area (Å²) in [5.74, 6) is 0.638. The van der Waals surface area contributed by atoms with Crippen molar-refractivity contribution in [1.29, 1.82) is 0 Å². The number of anilines is 4. The van der Waals surface area contributed by atoms with Crippen LogP contribution in [0.5, 0.6) is 0 Å². The Balaban J connectivity index is 1.85. The highest BCUT2D eigenvalue weighted by atomic mass is 16.5. The molecule has 0 aliphatic rings. The van der Waals surface area contributed by atoms with Crippen molar-refractivity contribution < 1.29 is 9.53 Å². The molecule has 0 atom stereocenters. The van der Waals surface area contributed by atoms with Gasteiger partial charge in [-0.3, -0.25) is 0 Å². The number of rotatable bonds is 5. The van der Waals surface area contributed by atoms with Gasteiger partial charge in [0.25, 0.3) is 0 Å². The summed E-state index contributed by atoms with van der Waals surface area (Å²) >= 11 is 0. The largest absolute Gasteiger partial charge is 0.465 e. The maximum atomic E-state index is 11.9. The van der Waals surface area contributed by atoms with E-state index in [0.717, 1.165) is 11.3 Å². The molecule has 3 rings (SSSR count). The van der Waals surface area contributed by atoms with Crippen LogP contribution in [-0.4, -0.2) is 23.0 Å². The Morgan fingerprint density at radius 2 is 1.73 bits per heavy atom. The second-order valence-corrected chi connectivity index (χ2v) is 5.80. The molecule has 2 N–H and O–H groups in total. The summed E-state index contributed by atoms with van der Waals surface area (Å²) in [6.45, 7) is 4.11. The lowest BCUT2D eigenvalue weighted by atomic mass is 10.1. The molecule has 2 aromatic carbocycles. The van der Waals surface area contributed by atoms with E-state index in [-0.39, 0.29) is 0 Å². The molecule has 0 bridgehead atoms. The molecule has 3 aromatic rings. The monoisotopic (exact) mass is 348 g/mol. The maximum absolute atomic E-state index is 11.9. The van der Waals surface area contributed by atoms with E-state index in [0.29, 0.717) is 23.0 Å². The highest BCUT2D eigenvalue weighted by Crippen LogP contribution is 2.23. The van der Waals surface area contributed by atoms with Gasteiger partial charge in [-0.1, -0.05) is 24.3 Å². The van der Waals surface area contributed by atoms with Crippen LogP contribution in [0, 0.1) is 13.8 Å². The van der Waals surface area contributed by atoms with Crippen molar-refractivity contribution in [2.45, 2.75) is 13.8 Å². The number of ether oxygens (including phenoxy) is 1. The number of hydrogen-bond donors (Lipinski definition) is 2. The number of carbonyl (C=O) groups is 1. The number of aromatic nitrogens is 2. The molecule has 6 heteroatoms. The number of nitrogens with zero attached hydrogens (tertiary/aromatic N) is 2. The van der Waals surface area contributed by atoms with E-state index in [4.69, 9.17) is 4.74 Å².